The quantitative estimate of drug-likeness (QED) is 0.884. The van der Waals surface area contributed by atoms with Gasteiger partial charge in [0.15, 0.2) is 0 Å². The highest BCUT2D eigenvalue weighted by molar-refractivity contribution is 5.94. The number of anilines is 1. The predicted molar refractivity (Wildman–Crippen MR) is 72.0 cm³/mol. The molecule has 4 heteroatoms. The van der Waals surface area contributed by atoms with Crippen molar-refractivity contribution in [3.05, 3.63) is 24.3 Å². The Morgan fingerprint density at radius 1 is 1.39 bits per heavy atom. The van der Waals surface area contributed by atoms with Gasteiger partial charge in [-0.25, -0.2) is 0 Å². The molecule has 0 unspecified atom stereocenters. The molecule has 18 heavy (non-hydrogen) atoms. The van der Waals surface area contributed by atoms with Crippen molar-refractivity contribution in [2.45, 2.75) is 12.8 Å². The molecule has 0 bridgehead atoms. The fraction of sp³-hybridized carbons (Fsp3) is 0.500. The summed E-state index contributed by atoms with van der Waals surface area (Å²) in [7, 11) is 3.47. The Hall–Kier alpha value is -1.55. The predicted octanol–water partition coefficient (Wildman–Crippen LogP) is 1.66. The Bertz CT molecular complexity index is 397. The first-order chi connectivity index (χ1) is 8.72. The molecular weight excluding hydrogens is 228 g/mol. The van der Waals surface area contributed by atoms with Gasteiger partial charge in [-0.3, -0.25) is 4.79 Å². The lowest BCUT2D eigenvalue weighted by Crippen LogP contribution is -2.41. The summed E-state index contributed by atoms with van der Waals surface area (Å²) in [6.07, 6.45) is 2.05. The topological polar surface area (TPSA) is 41.6 Å². The Morgan fingerprint density at radius 3 is 2.67 bits per heavy atom. The van der Waals surface area contributed by atoms with Gasteiger partial charge in [-0.15, -0.1) is 0 Å². The fourth-order valence-corrected chi connectivity index (χ4v) is 2.27. The van der Waals surface area contributed by atoms with E-state index >= 15 is 0 Å². The molecule has 1 aromatic carbocycles. The number of nitrogens with zero attached hydrogens (tertiary/aromatic N) is 1. The monoisotopic (exact) mass is 248 g/mol. The van der Waals surface area contributed by atoms with Crippen LogP contribution in [0.5, 0.6) is 5.75 Å². The largest absolute Gasteiger partial charge is 0.497 e. The lowest BCUT2D eigenvalue weighted by Gasteiger charge is -2.27. The highest BCUT2D eigenvalue weighted by Crippen LogP contribution is 2.21. The lowest BCUT2D eigenvalue weighted by molar-refractivity contribution is -0.122. The summed E-state index contributed by atoms with van der Waals surface area (Å²) >= 11 is 0. The zero-order chi connectivity index (χ0) is 13.0. The van der Waals surface area contributed by atoms with E-state index in [1.165, 1.54) is 0 Å². The molecule has 1 atom stereocenters. The van der Waals surface area contributed by atoms with Crippen LogP contribution in [-0.4, -0.2) is 33.2 Å². The number of carbonyl (C=O) groups is 1. The van der Waals surface area contributed by atoms with Crippen molar-refractivity contribution >= 4 is 11.6 Å². The molecule has 1 aliphatic rings. The number of piperidine rings is 1. The number of methoxy groups -OCH3 is 1. The Kier molecular flexibility index (Phi) is 4.20. The normalized spacial score (nSPS) is 19.3. The highest BCUT2D eigenvalue weighted by atomic mass is 16.5. The maximum atomic E-state index is 12.3. The molecule has 1 aromatic rings. The third-order valence-electron chi connectivity index (χ3n) is 3.44. The minimum absolute atomic E-state index is 0.103. The number of hydrogen-bond acceptors (Lipinski definition) is 3. The van der Waals surface area contributed by atoms with Crippen molar-refractivity contribution in [2.24, 2.45) is 5.92 Å². The summed E-state index contributed by atoms with van der Waals surface area (Å²) in [4.78, 5) is 14.0. The Balaban J connectivity index is 2.04. The molecule has 1 aliphatic heterocycles. The molecule has 4 nitrogen and oxygen atoms in total. The van der Waals surface area contributed by atoms with Crippen molar-refractivity contribution in [1.29, 1.82) is 0 Å². The molecule has 0 aliphatic carbocycles. The van der Waals surface area contributed by atoms with E-state index in [9.17, 15) is 4.79 Å². The number of amides is 1. The number of nitrogens with one attached hydrogen (secondary N) is 1. The van der Waals surface area contributed by atoms with E-state index < -0.39 is 0 Å². The van der Waals surface area contributed by atoms with Crippen LogP contribution in [0.1, 0.15) is 12.8 Å². The molecule has 98 valence electrons. The summed E-state index contributed by atoms with van der Waals surface area (Å²) in [6, 6.07) is 7.57. The molecular formula is C14H20N2O2. The van der Waals surface area contributed by atoms with Gasteiger partial charge < -0.3 is 15.0 Å². The van der Waals surface area contributed by atoms with Crippen LogP contribution < -0.4 is 15.0 Å². The molecule has 0 spiro atoms. The average molecular weight is 248 g/mol. The molecule has 0 radical (unpaired) electrons. The number of benzene rings is 1. The smallest absolute Gasteiger partial charge is 0.231 e. The maximum absolute atomic E-state index is 12.3. The van der Waals surface area contributed by atoms with E-state index in [2.05, 4.69) is 5.32 Å². The first kappa shape index (κ1) is 12.9. The van der Waals surface area contributed by atoms with Gasteiger partial charge in [-0.05, 0) is 43.7 Å². The number of carbonyl (C=O) groups excluding carboxylic acids is 1. The summed E-state index contributed by atoms with van der Waals surface area (Å²) in [5.74, 6) is 1.09. The van der Waals surface area contributed by atoms with Crippen LogP contribution in [-0.2, 0) is 4.79 Å². The van der Waals surface area contributed by atoms with Crippen molar-refractivity contribution in [3.63, 3.8) is 0 Å². The van der Waals surface area contributed by atoms with Gasteiger partial charge >= 0.3 is 0 Å². The molecule has 1 amide bonds. The average Bonchev–Trinajstić information content (AvgIpc) is 2.47. The number of rotatable bonds is 3. The molecule has 0 saturated carbocycles. The molecule has 1 fully saturated rings. The minimum Gasteiger partial charge on any atom is -0.497 e. The molecule has 1 saturated heterocycles. The molecule has 1 heterocycles. The Labute approximate surface area is 108 Å². The van der Waals surface area contributed by atoms with E-state index in [1.54, 1.807) is 12.0 Å². The highest BCUT2D eigenvalue weighted by Gasteiger charge is 2.24. The van der Waals surface area contributed by atoms with Crippen molar-refractivity contribution in [3.8, 4) is 5.75 Å². The third-order valence-corrected chi connectivity index (χ3v) is 3.44. The third kappa shape index (κ3) is 2.82. The van der Waals surface area contributed by atoms with Crippen LogP contribution in [0, 0.1) is 5.92 Å². The van der Waals surface area contributed by atoms with Crippen LogP contribution in [0.3, 0.4) is 0 Å². The zero-order valence-electron chi connectivity index (χ0n) is 11.0. The van der Waals surface area contributed by atoms with Crippen LogP contribution in [0.4, 0.5) is 5.69 Å². The van der Waals surface area contributed by atoms with Crippen molar-refractivity contribution in [1.82, 2.24) is 5.32 Å². The Morgan fingerprint density at radius 2 is 2.11 bits per heavy atom. The molecule has 2 rings (SSSR count). The second-order valence-electron chi connectivity index (χ2n) is 4.64. The number of ether oxygens (including phenoxy) is 1. The van der Waals surface area contributed by atoms with E-state index in [0.717, 1.165) is 37.4 Å². The van der Waals surface area contributed by atoms with Crippen LogP contribution in [0.2, 0.25) is 0 Å². The van der Waals surface area contributed by atoms with E-state index in [0.29, 0.717) is 0 Å². The fourth-order valence-electron chi connectivity index (χ4n) is 2.27. The SMILES string of the molecule is COc1ccc(N(C)C(=O)[C@H]2CCCNC2)cc1. The van der Waals surface area contributed by atoms with E-state index in [1.807, 2.05) is 31.3 Å². The first-order valence-corrected chi connectivity index (χ1v) is 6.34. The lowest BCUT2D eigenvalue weighted by atomic mass is 9.98. The second-order valence-corrected chi connectivity index (χ2v) is 4.64. The first-order valence-electron chi connectivity index (χ1n) is 6.34. The maximum Gasteiger partial charge on any atom is 0.231 e. The van der Waals surface area contributed by atoms with Crippen molar-refractivity contribution < 1.29 is 9.53 Å². The summed E-state index contributed by atoms with van der Waals surface area (Å²) in [6.45, 7) is 1.81. The standard InChI is InChI=1S/C14H20N2O2/c1-16(12-5-7-13(18-2)8-6-12)14(17)11-4-3-9-15-10-11/h5-8,11,15H,3-4,9-10H2,1-2H3/t11-/m0/s1. The van der Waals surface area contributed by atoms with Gasteiger partial charge in [0.25, 0.3) is 0 Å². The second kappa shape index (κ2) is 5.87. The summed E-state index contributed by atoms with van der Waals surface area (Å²) in [5.41, 5.74) is 0.909. The number of hydrogen-bond donors (Lipinski definition) is 1. The van der Waals surface area contributed by atoms with Gasteiger partial charge in [0.2, 0.25) is 5.91 Å². The summed E-state index contributed by atoms with van der Waals surface area (Å²) in [5, 5.41) is 3.27. The minimum atomic E-state index is 0.103. The van der Waals surface area contributed by atoms with Crippen molar-refractivity contribution in [2.75, 3.05) is 32.1 Å². The van der Waals surface area contributed by atoms with Crippen LogP contribution >= 0.6 is 0 Å². The molecule has 1 N–H and O–H groups in total. The van der Waals surface area contributed by atoms with Gasteiger partial charge in [-0.2, -0.15) is 0 Å². The molecule has 0 aromatic heterocycles. The van der Waals surface area contributed by atoms with Gasteiger partial charge in [0, 0.05) is 19.3 Å². The van der Waals surface area contributed by atoms with Crippen LogP contribution in [0.15, 0.2) is 24.3 Å². The van der Waals surface area contributed by atoms with E-state index in [-0.39, 0.29) is 11.8 Å². The van der Waals surface area contributed by atoms with E-state index in [4.69, 9.17) is 4.74 Å². The van der Waals surface area contributed by atoms with Crippen LogP contribution in [0.25, 0.3) is 0 Å². The van der Waals surface area contributed by atoms with Gasteiger partial charge in [0.1, 0.15) is 5.75 Å². The van der Waals surface area contributed by atoms with Gasteiger partial charge in [0.05, 0.1) is 13.0 Å². The van der Waals surface area contributed by atoms with Gasteiger partial charge in [-0.1, -0.05) is 0 Å². The zero-order valence-corrected chi connectivity index (χ0v) is 11.0. The summed E-state index contributed by atoms with van der Waals surface area (Å²) < 4.78 is 5.11.